The fraction of sp³-hybridized carbons (Fsp3) is 0.100. The lowest BCUT2D eigenvalue weighted by Crippen LogP contribution is -2.14. The van der Waals surface area contributed by atoms with E-state index in [-0.39, 0.29) is 5.69 Å². The molecule has 0 N–H and O–H groups in total. The van der Waals surface area contributed by atoms with E-state index in [1.165, 1.54) is 12.1 Å². The van der Waals surface area contributed by atoms with Crippen molar-refractivity contribution in [1.29, 1.82) is 0 Å². The number of rotatable bonds is 4. The summed E-state index contributed by atoms with van der Waals surface area (Å²) in [6, 6.07) is 24.9. The third-order valence-corrected chi connectivity index (χ3v) is 6.35. The molecule has 3 rings (SSSR count). The summed E-state index contributed by atoms with van der Waals surface area (Å²) in [5.41, 5.74) is 0.137. The monoisotopic (exact) mass is 369 g/mol. The molecule has 0 saturated carbocycles. The molecule has 3 aromatic carbocycles. The average Bonchev–Trinajstić information content (AvgIpc) is 2.70. The molecule has 0 bridgehead atoms. The second-order valence-corrected chi connectivity index (χ2v) is 8.43. The summed E-state index contributed by atoms with van der Waals surface area (Å²) in [6.07, 6.45) is 0. The number of hydrogen-bond donors (Lipinski definition) is 0. The number of methoxy groups -OCH3 is 1. The first kappa shape index (κ1) is 19.4. The van der Waals surface area contributed by atoms with E-state index in [1.54, 1.807) is 32.0 Å². The molecule has 0 heterocycles. The second-order valence-electron chi connectivity index (χ2n) is 5.55. The zero-order valence-electron chi connectivity index (χ0n) is 14.6. The second kappa shape index (κ2) is 8.97. The molecule has 0 saturated heterocycles. The third-order valence-electron chi connectivity index (χ3n) is 3.78. The van der Waals surface area contributed by atoms with Gasteiger partial charge in [0.1, 0.15) is 12.9 Å². The fourth-order valence-corrected chi connectivity index (χ4v) is 4.04. The van der Waals surface area contributed by atoms with Gasteiger partial charge >= 0.3 is 0 Å². The van der Waals surface area contributed by atoms with Crippen molar-refractivity contribution in [2.75, 3.05) is 13.8 Å². The van der Waals surface area contributed by atoms with Crippen molar-refractivity contribution < 1.29 is 14.2 Å². The van der Waals surface area contributed by atoms with Crippen molar-refractivity contribution in [3.8, 4) is 5.75 Å². The number of hydrogen-bond acceptors (Lipinski definition) is 4. The first-order chi connectivity index (χ1) is 12.4. The highest BCUT2D eigenvalue weighted by molar-refractivity contribution is 7.78. The molecule has 1 unspecified atom stereocenters. The lowest BCUT2D eigenvalue weighted by molar-refractivity contribution is -0.384. The molecule has 134 valence electrons. The SMILES string of the molecule is COc1ccc(P(C)(=O)c2ccccc2)cc1.O=[N+]([O-])c1ccccc1. The van der Waals surface area contributed by atoms with Crippen molar-refractivity contribution in [2.45, 2.75) is 0 Å². The largest absolute Gasteiger partial charge is 0.497 e. The summed E-state index contributed by atoms with van der Waals surface area (Å²) in [6.45, 7) is 1.80. The molecule has 0 aliphatic rings. The predicted octanol–water partition coefficient (Wildman–Crippen LogP) is 4.23. The summed E-state index contributed by atoms with van der Waals surface area (Å²) in [5.74, 6) is 0.779. The highest BCUT2D eigenvalue weighted by Gasteiger charge is 2.20. The van der Waals surface area contributed by atoms with Gasteiger partial charge in [-0.25, -0.2) is 0 Å². The molecular formula is C20H20NO4P. The van der Waals surface area contributed by atoms with Gasteiger partial charge in [-0.2, -0.15) is 0 Å². The molecule has 6 heteroatoms. The Morgan fingerprint density at radius 3 is 1.69 bits per heavy atom. The maximum Gasteiger partial charge on any atom is 0.269 e. The summed E-state index contributed by atoms with van der Waals surface area (Å²) >= 11 is 0. The maximum atomic E-state index is 12.8. The smallest absolute Gasteiger partial charge is 0.269 e. The van der Waals surface area contributed by atoms with Gasteiger partial charge in [-0.05, 0) is 30.9 Å². The highest BCUT2D eigenvalue weighted by atomic mass is 31.2. The van der Waals surface area contributed by atoms with Crippen molar-refractivity contribution >= 4 is 23.4 Å². The van der Waals surface area contributed by atoms with Crippen LogP contribution in [0.3, 0.4) is 0 Å². The van der Waals surface area contributed by atoms with Gasteiger partial charge in [-0.3, -0.25) is 10.1 Å². The average molecular weight is 369 g/mol. The Morgan fingerprint density at radius 2 is 1.27 bits per heavy atom. The van der Waals surface area contributed by atoms with Gasteiger partial charge in [0, 0.05) is 22.7 Å². The van der Waals surface area contributed by atoms with Crippen molar-refractivity contribution in [2.24, 2.45) is 0 Å². The van der Waals surface area contributed by atoms with E-state index in [0.29, 0.717) is 0 Å². The standard InChI is InChI=1S/C14H15O2P.C6H5NO2/c1-16-12-8-10-14(11-9-12)17(2,15)13-6-4-3-5-7-13;8-7(9)6-4-2-1-3-5-6/h3-11H,1-2H3;1-5H. The van der Waals surface area contributed by atoms with Crippen molar-refractivity contribution in [1.82, 2.24) is 0 Å². The Kier molecular flexibility index (Phi) is 6.70. The number of para-hydroxylation sites is 1. The minimum atomic E-state index is -2.48. The Bertz CT molecular complexity index is 881. The van der Waals surface area contributed by atoms with Crippen LogP contribution < -0.4 is 15.3 Å². The van der Waals surface area contributed by atoms with E-state index in [4.69, 9.17) is 4.74 Å². The minimum Gasteiger partial charge on any atom is -0.497 e. The molecule has 0 fully saturated rings. The Morgan fingerprint density at radius 1 is 0.808 bits per heavy atom. The molecule has 5 nitrogen and oxygen atoms in total. The first-order valence-electron chi connectivity index (χ1n) is 7.92. The number of nitro groups is 1. The Hall–Kier alpha value is -2.91. The maximum absolute atomic E-state index is 12.8. The van der Waals surface area contributed by atoms with E-state index in [0.717, 1.165) is 16.4 Å². The molecule has 0 aromatic heterocycles. The van der Waals surface area contributed by atoms with Crippen LogP contribution in [0.15, 0.2) is 84.9 Å². The summed E-state index contributed by atoms with van der Waals surface area (Å²) in [5, 5.41) is 11.7. The van der Waals surface area contributed by atoms with Crippen molar-refractivity contribution in [3.05, 3.63) is 95.0 Å². The van der Waals surface area contributed by atoms with Gasteiger partial charge in [0.2, 0.25) is 0 Å². The number of nitrogens with zero attached hydrogens (tertiary/aromatic N) is 1. The van der Waals surface area contributed by atoms with Crippen LogP contribution in [-0.2, 0) is 4.57 Å². The first-order valence-corrected chi connectivity index (χ1v) is 10.1. The van der Waals surface area contributed by atoms with Crippen LogP contribution in [0.5, 0.6) is 5.75 Å². The third kappa shape index (κ3) is 5.04. The predicted molar refractivity (Wildman–Crippen MR) is 105 cm³/mol. The van der Waals surface area contributed by atoms with Gasteiger partial charge in [-0.15, -0.1) is 0 Å². The van der Waals surface area contributed by atoms with Gasteiger partial charge in [0.15, 0.2) is 0 Å². The fourth-order valence-electron chi connectivity index (χ4n) is 2.28. The Balaban J connectivity index is 0.000000228. The number of ether oxygens (including phenoxy) is 1. The van der Waals surface area contributed by atoms with Crippen LogP contribution in [-0.4, -0.2) is 18.7 Å². The normalized spacial score (nSPS) is 12.2. The molecule has 0 radical (unpaired) electrons. The number of non-ortho nitro benzene ring substituents is 1. The van der Waals surface area contributed by atoms with E-state index in [1.807, 2.05) is 54.6 Å². The van der Waals surface area contributed by atoms with E-state index >= 15 is 0 Å². The van der Waals surface area contributed by atoms with Crippen LogP contribution in [0.1, 0.15) is 0 Å². The molecule has 0 amide bonds. The van der Waals surface area contributed by atoms with Gasteiger partial charge in [-0.1, -0.05) is 48.5 Å². The van der Waals surface area contributed by atoms with E-state index in [9.17, 15) is 14.7 Å². The van der Waals surface area contributed by atoms with Crippen LogP contribution in [0.25, 0.3) is 0 Å². The van der Waals surface area contributed by atoms with Gasteiger partial charge in [0.25, 0.3) is 5.69 Å². The van der Waals surface area contributed by atoms with Gasteiger partial charge in [0.05, 0.1) is 12.0 Å². The highest BCUT2D eigenvalue weighted by Crippen LogP contribution is 2.38. The quantitative estimate of drug-likeness (QED) is 0.392. The van der Waals surface area contributed by atoms with Crippen LogP contribution in [0, 0.1) is 10.1 Å². The molecule has 1 atom stereocenters. The van der Waals surface area contributed by atoms with E-state index < -0.39 is 12.1 Å². The number of nitro benzene ring substituents is 1. The lowest BCUT2D eigenvalue weighted by atomic mass is 10.3. The minimum absolute atomic E-state index is 0.137. The Labute approximate surface area is 152 Å². The molecular weight excluding hydrogens is 349 g/mol. The van der Waals surface area contributed by atoms with Crippen LogP contribution in [0.4, 0.5) is 5.69 Å². The van der Waals surface area contributed by atoms with Crippen LogP contribution >= 0.6 is 7.14 Å². The number of benzene rings is 3. The molecule has 3 aromatic rings. The molecule has 26 heavy (non-hydrogen) atoms. The zero-order chi connectivity index (χ0) is 19.0. The van der Waals surface area contributed by atoms with Crippen molar-refractivity contribution in [3.63, 3.8) is 0 Å². The lowest BCUT2D eigenvalue weighted by Gasteiger charge is -2.14. The van der Waals surface area contributed by atoms with Gasteiger partial charge < -0.3 is 9.30 Å². The summed E-state index contributed by atoms with van der Waals surface area (Å²) in [4.78, 5) is 9.59. The summed E-state index contributed by atoms with van der Waals surface area (Å²) < 4.78 is 17.9. The molecule has 0 aliphatic carbocycles. The van der Waals surface area contributed by atoms with E-state index in [2.05, 4.69) is 0 Å². The molecule has 0 spiro atoms. The zero-order valence-corrected chi connectivity index (χ0v) is 15.5. The van der Waals surface area contributed by atoms with Crippen LogP contribution in [0.2, 0.25) is 0 Å². The summed E-state index contributed by atoms with van der Waals surface area (Å²) in [7, 11) is -0.860. The molecule has 0 aliphatic heterocycles. The topological polar surface area (TPSA) is 69.4 Å².